The first-order valence-electron chi connectivity index (χ1n) is 5.79. The zero-order valence-electron chi connectivity index (χ0n) is 9.90. The van der Waals surface area contributed by atoms with Gasteiger partial charge in [0, 0.05) is 24.8 Å². The van der Waals surface area contributed by atoms with Crippen LogP contribution in [0.2, 0.25) is 0 Å². The van der Waals surface area contributed by atoms with E-state index in [1.54, 1.807) is 13.3 Å². The molecule has 0 spiro atoms. The van der Waals surface area contributed by atoms with Crippen molar-refractivity contribution in [1.29, 1.82) is 0 Å². The quantitative estimate of drug-likeness (QED) is 0.808. The molecule has 1 aliphatic rings. The standard InChI is InChI=1S/C12H17N3O2/c1-17-11-10(3-2-6-13-11)8-15-12(16)14-7-9-4-5-9/h2-3,6,9H,4-5,7-8H2,1H3,(H2,14,15,16). The lowest BCUT2D eigenvalue weighted by Gasteiger charge is -2.09. The Bertz CT molecular complexity index is 391. The minimum atomic E-state index is -0.136. The van der Waals surface area contributed by atoms with Gasteiger partial charge in [-0.15, -0.1) is 0 Å². The number of methoxy groups -OCH3 is 1. The highest BCUT2D eigenvalue weighted by atomic mass is 16.5. The fourth-order valence-corrected chi connectivity index (χ4v) is 1.54. The second-order valence-electron chi connectivity index (χ2n) is 4.18. The van der Waals surface area contributed by atoms with Crippen LogP contribution in [0.4, 0.5) is 4.79 Å². The van der Waals surface area contributed by atoms with Crippen LogP contribution in [0.1, 0.15) is 18.4 Å². The van der Waals surface area contributed by atoms with Gasteiger partial charge in [0.1, 0.15) is 0 Å². The number of urea groups is 1. The van der Waals surface area contributed by atoms with Crippen LogP contribution in [-0.2, 0) is 6.54 Å². The predicted molar refractivity (Wildman–Crippen MR) is 63.8 cm³/mol. The number of hydrogen-bond donors (Lipinski definition) is 2. The molecule has 0 saturated heterocycles. The smallest absolute Gasteiger partial charge is 0.315 e. The van der Waals surface area contributed by atoms with Gasteiger partial charge in [0.25, 0.3) is 0 Å². The minimum absolute atomic E-state index is 0.136. The monoisotopic (exact) mass is 235 g/mol. The average molecular weight is 235 g/mol. The van der Waals surface area contributed by atoms with Crippen LogP contribution in [-0.4, -0.2) is 24.7 Å². The Morgan fingerprint density at radius 1 is 1.53 bits per heavy atom. The molecule has 1 aromatic rings. The summed E-state index contributed by atoms with van der Waals surface area (Å²) >= 11 is 0. The van der Waals surface area contributed by atoms with E-state index in [1.807, 2.05) is 12.1 Å². The number of carbonyl (C=O) groups is 1. The number of pyridine rings is 1. The first-order chi connectivity index (χ1) is 8.29. The summed E-state index contributed by atoms with van der Waals surface area (Å²) in [5.74, 6) is 1.24. The molecule has 0 bridgehead atoms. The first-order valence-corrected chi connectivity index (χ1v) is 5.79. The third kappa shape index (κ3) is 3.62. The van der Waals surface area contributed by atoms with E-state index in [9.17, 15) is 4.79 Å². The van der Waals surface area contributed by atoms with Crippen molar-refractivity contribution in [2.45, 2.75) is 19.4 Å². The van der Waals surface area contributed by atoms with Crippen molar-refractivity contribution in [3.8, 4) is 5.88 Å². The Labute approximate surface area is 101 Å². The van der Waals surface area contributed by atoms with Gasteiger partial charge in [-0.05, 0) is 24.8 Å². The number of aromatic nitrogens is 1. The van der Waals surface area contributed by atoms with Gasteiger partial charge in [-0.25, -0.2) is 9.78 Å². The van der Waals surface area contributed by atoms with Gasteiger partial charge in [-0.2, -0.15) is 0 Å². The number of hydrogen-bond acceptors (Lipinski definition) is 3. The second kappa shape index (κ2) is 5.52. The van der Waals surface area contributed by atoms with Crippen molar-refractivity contribution in [2.24, 2.45) is 5.92 Å². The van der Waals surface area contributed by atoms with E-state index in [-0.39, 0.29) is 6.03 Å². The highest BCUT2D eigenvalue weighted by Crippen LogP contribution is 2.27. The maximum absolute atomic E-state index is 11.5. The van der Waals surface area contributed by atoms with Gasteiger partial charge in [0.15, 0.2) is 0 Å². The summed E-state index contributed by atoms with van der Waals surface area (Å²) in [5.41, 5.74) is 0.872. The molecule has 1 aromatic heterocycles. The zero-order chi connectivity index (χ0) is 12.1. The Morgan fingerprint density at radius 3 is 3.06 bits per heavy atom. The Hall–Kier alpha value is -1.78. The molecule has 1 fully saturated rings. The molecular formula is C12H17N3O2. The molecule has 0 aliphatic heterocycles. The molecule has 1 aliphatic carbocycles. The summed E-state index contributed by atoms with van der Waals surface area (Å²) < 4.78 is 5.10. The summed E-state index contributed by atoms with van der Waals surface area (Å²) in [5, 5.41) is 5.63. The van der Waals surface area contributed by atoms with E-state index >= 15 is 0 Å². The van der Waals surface area contributed by atoms with E-state index in [4.69, 9.17) is 4.74 Å². The summed E-state index contributed by atoms with van der Waals surface area (Å²) in [6.07, 6.45) is 4.13. The normalized spacial score (nSPS) is 14.2. The summed E-state index contributed by atoms with van der Waals surface area (Å²) in [6, 6.07) is 3.57. The third-order valence-corrected chi connectivity index (χ3v) is 2.73. The number of ether oxygens (including phenoxy) is 1. The molecule has 2 amide bonds. The third-order valence-electron chi connectivity index (χ3n) is 2.73. The van der Waals surface area contributed by atoms with Crippen molar-refractivity contribution in [1.82, 2.24) is 15.6 Å². The van der Waals surface area contributed by atoms with Crippen molar-refractivity contribution >= 4 is 6.03 Å². The maximum atomic E-state index is 11.5. The van der Waals surface area contributed by atoms with Crippen LogP contribution in [0, 0.1) is 5.92 Å². The molecular weight excluding hydrogens is 218 g/mol. The number of nitrogens with zero attached hydrogens (tertiary/aromatic N) is 1. The summed E-state index contributed by atoms with van der Waals surface area (Å²) in [7, 11) is 1.57. The van der Waals surface area contributed by atoms with Crippen LogP contribution in [0.15, 0.2) is 18.3 Å². The van der Waals surface area contributed by atoms with Gasteiger partial charge in [0.05, 0.1) is 7.11 Å². The van der Waals surface area contributed by atoms with Crippen LogP contribution in [0.25, 0.3) is 0 Å². The molecule has 5 nitrogen and oxygen atoms in total. The van der Waals surface area contributed by atoms with Crippen molar-refractivity contribution in [3.63, 3.8) is 0 Å². The van der Waals surface area contributed by atoms with Gasteiger partial charge >= 0.3 is 6.03 Å². The lowest BCUT2D eigenvalue weighted by atomic mass is 10.3. The van der Waals surface area contributed by atoms with Crippen LogP contribution >= 0.6 is 0 Å². The number of rotatable bonds is 5. The fourth-order valence-electron chi connectivity index (χ4n) is 1.54. The lowest BCUT2D eigenvalue weighted by Crippen LogP contribution is -2.36. The summed E-state index contributed by atoms with van der Waals surface area (Å²) in [4.78, 5) is 15.5. The van der Waals surface area contributed by atoms with E-state index in [2.05, 4.69) is 15.6 Å². The fraction of sp³-hybridized carbons (Fsp3) is 0.500. The molecule has 1 saturated carbocycles. The number of nitrogens with one attached hydrogen (secondary N) is 2. The largest absolute Gasteiger partial charge is 0.481 e. The number of amides is 2. The SMILES string of the molecule is COc1ncccc1CNC(=O)NCC1CC1. The highest BCUT2D eigenvalue weighted by Gasteiger charge is 2.21. The van der Waals surface area contributed by atoms with Crippen LogP contribution in [0.5, 0.6) is 5.88 Å². The molecule has 0 aromatic carbocycles. The molecule has 2 rings (SSSR count). The minimum Gasteiger partial charge on any atom is -0.481 e. The molecule has 0 atom stereocenters. The van der Waals surface area contributed by atoms with E-state index in [1.165, 1.54) is 12.8 Å². The molecule has 92 valence electrons. The molecule has 0 radical (unpaired) electrons. The Morgan fingerprint density at radius 2 is 2.35 bits per heavy atom. The van der Waals surface area contributed by atoms with Gasteiger partial charge < -0.3 is 15.4 Å². The predicted octanol–water partition coefficient (Wildman–Crippen LogP) is 1.30. The molecule has 5 heteroatoms. The van der Waals surface area contributed by atoms with Crippen molar-refractivity contribution in [3.05, 3.63) is 23.9 Å². The maximum Gasteiger partial charge on any atom is 0.315 e. The van der Waals surface area contributed by atoms with E-state index in [0.717, 1.165) is 12.1 Å². The number of carbonyl (C=O) groups excluding carboxylic acids is 1. The van der Waals surface area contributed by atoms with Crippen LogP contribution < -0.4 is 15.4 Å². The van der Waals surface area contributed by atoms with Gasteiger partial charge in [0.2, 0.25) is 5.88 Å². The highest BCUT2D eigenvalue weighted by molar-refractivity contribution is 5.73. The molecule has 1 heterocycles. The van der Waals surface area contributed by atoms with E-state index in [0.29, 0.717) is 18.3 Å². The Balaban J connectivity index is 1.77. The lowest BCUT2D eigenvalue weighted by molar-refractivity contribution is 0.240. The molecule has 17 heavy (non-hydrogen) atoms. The molecule has 2 N–H and O–H groups in total. The second-order valence-corrected chi connectivity index (χ2v) is 4.18. The summed E-state index contributed by atoms with van der Waals surface area (Å²) in [6.45, 7) is 1.20. The zero-order valence-corrected chi connectivity index (χ0v) is 9.90. The van der Waals surface area contributed by atoms with Gasteiger partial charge in [-0.3, -0.25) is 0 Å². The first kappa shape index (κ1) is 11.7. The van der Waals surface area contributed by atoms with E-state index < -0.39 is 0 Å². The van der Waals surface area contributed by atoms with Crippen LogP contribution in [0.3, 0.4) is 0 Å². The van der Waals surface area contributed by atoms with Crippen molar-refractivity contribution < 1.29 is 9.53 Å². The average Bonchev–Trinajstić information content (AvgIpc) is 3.18. The van der Waals surface area contributed by atoms with Crippen molar-refractivity contribution in [2.75, 3.05) is 13.7 Å². The Kier molecular flexibility index (Phi) is 3.80. The van der Waals surface area contributed by atoms with Gasteiger partial charge in [-0.1, -0.05) is 6.07 Å². The molecule has 0 unspecified atom stereocenters. The topological polar surface area (TPSA) is 63.2 Å².